The largest absolute Gasteiger partial charge is 0.493 e. The topological polar surface area (TPSA) is 44.8 Å². The molecule has 0 saturated heterocycles. The Morgan fingerprint density at radius 2 is 1.74 bits per heavy atom. The highest BCUT2D eigenvalue weighted by Gasteiger charge is 2.18. The van der Waals surface area contributed by atoms with Crippen LogP contribution < -0.4 is 9.47 Å². The van der Waals surface area contributed by atoms with Crippen LogP contribution in [0.15, 0.2) is 16.6 Å². The molecular weight excluding hydrogens is 312 g/mol. The third-order valence-electron chi connectivity index (χ3n) is 2.20. The van der Waals surface area contributed by atoms with Crippen molar-refractivity contribution in [2.45, 2.75) is 33.8 Å². The van der Waals surface area contributed by atoms with E-state index in [1.807, 2.05) is 27.7 Å². The number of hydrogen-bond acceptors (Lipinski definition) is 4. The summed E-state index contributed by atoms with van der Waals surface area (Å²) in [6.07, 6.45) is -0.174. The SMILES string of the molecule is CCOc1cc(OCC)c(C(=O)OC(C)C)cc1Br. The van der Waals surface area contributed by atoms with E-state index in [0.717, 1.165) is 0 Å². The van der Waals surface area contributed by atoms with Crippen molar-refractivity contribution in [2.75, 3.05) is 13.2 Å². The molecule has 0 fully saturated rings. The Labute approximate surface area is 122 Å². The minimum Gasteiger partial charge on any atom is -0.493 e. The fraction of sp³-hybridized carbons (Fsp3) is 0.500. The highest BCUT2D eigenvalue weighted by atomic mass is 79.9. The second-order valence-corrected chi connectivity index (χ2v) is 4.95. The van der Waals surface area contributed by atoms with Gasteiger partial charge in [0.15, 0.2) is 0 Å². The number of rotatable bonds is 6. The minimum absolute atomic E-state index is 0.174. The van der Waals surface area contributed by atoms with Crippen LogP contribution in [-0.4, -0.2) is 25.3 Å². The molecule has 0 radical (unpaired) electrons. The molecule has 4 nitrogen and oxygen atoms in total. The lowest BCUT2D eigenvalue weighted by Gasteiger charge is -2.15. The van der Waals surface area contributed by atoms with Crippen LogP contribution in [0.1, 0.15) is 38.1 Å². The van der Waals surface area contributed by atoms with Crippen LogP contribution in [0.3, 0.4) is 0 Å². The molecule has 1 rings (SSSR count). The van der Waals surface area contributed by atoms with E-state index in [0.29, 0.717) is 34.7 Å². The van der Waals surface area contributed by atoms with Gasteiger partial charge < -0.3 is 14.2 Å². The summed E-state index contributed by atoms with van der Waals surface area (Å²) in [4.78, 5) is 12.0. The molecule has 0 atom stereocenters. The third-order valence-corrected chi connectivity index (χ3v) is 2.82. The Kier molecular flexibility index (Phi) is 6.15. The standard InChI is InChI=1S/C14H19BrO4/c1-5-17-12-8-13(18-6-2)11(15)7-10(12)14(16)19-9(3)4/h7-9H,5-6H2,1-4H3. The summed E-state index contributed by atoms with van der Waals surface area (Å²) < 4.78 is 16.8. The number of esters is 1. The number of benzene rings is 1. The number of ether oxygens (including phenoxy) is 3. The molecule has 0 aromatic heterocycles. The highest BCUT2D eigenvalue weighted by Crippen LogP contribution is 2.33. The Bertz CT molecular complexity index is 443. The van der Waals surface area contributed by atoms with E-state index in [2.05, 4.69) is 15.9 Å². The van der Waals surface area contributed by atoms with Gasteiger partial charge in [0.05, 0.1) is 23.8 Å². The molecule has 0 bridgehead atoms. The van der Waals surface area contributed by atoms with Gasteiger partial charge in [-0.3, -0.25) is 0 Å². The number of carbonyl (C=O) groups is 1. The van der Waals surface area contributed by atoms with Crippen LogP contribution in [0.4, 0.5) is 0 Å². The molecule has 5 heteroatoms. The average molecular weight is 331 g/mol. The molecule has 0 spiro atoms. The molecule has 0 aliphatic carbocycles. The van der Waals surface area contributed by atoms with E-state index < -0.39 is 5.97 Å². The van der Waals surface area contributed by atoms with Gasteiger partial charge >= 0.3 is 5.97 Å². The lowest BCUT2D eigenvalue weighted by Crippen LogP contribution is -2.13. The Balaban J connectivity index is 3.14. The summed E-state index contributed by atoms with van der Waals surface area (Å²) in [6, 6.07) is 3.37. The van der Waals surface area contributed by atoms with Crippen LogP contribution in [-0.2, 0) is 4.74 Å². The lowest BCUT2D eigenvalue weighted by molar-refractivity contribution is 0.0373. The first kappa shape index (κ1) is 15.8. The molecule has 0 N–H and O–H groups in total. The van der Waals surface area contributed by atoms with E-state index in [1.54, 1.807) is 12.1 Å². The monoisotopic (exact) mass is 330 g/mol. The summed E-state index contributed by atoms with van der Waals surface area (Å²) in [7, 11) is 0. The normalized spacial score (nSPS) is 10.4. The van der Waals surface area contributed by atoms with Gasteiger partial charge in [-0.2, -0.15) is 0 Å². The fourth-order valence-electron chi connectivity index (χ4n) is 1.51. The Hall–Kier alpha value is -1.23. The van der Waals surface area contributed by atoms with E-state index >= 15 is 0 Å². The van der Waals surface area contributed by atoms with Crippen molar-refractivity contribution in [1.29, 1.82) is 0 Å². The van der Waals surface area contributed by atoms with Gasteiger partial charge in [-0.1, -0.05) is 0 Å². The van der Waals surface area contributed by atoms with Gasteiger partial charge in [-0.05, 0) is 49.7 Å². The molecule has 0 saturated carbocycles. The van der Waals surface area contributed by atoms with Crippen molar-refractivity contribution in [3.63, 3.8) is 0 Å². The zero-order chi connectivity index (χ0) is 14.4. The second-order valence-electron chi connectivity index (χ2n) is 4.10. The lowest BCUT2D eigenvalue weighted by atomic mass is 10.2. The number of hydrogen-bond donors (Lipinski definition) is 0. The van der Waals surface area contributed by atoms with Gasteiger partial charge in [-0.25, -0.2) is 4.79 Å². The molecule has 19 heavy (non-hydrogen) atoms. The molecule has 0 heterocycles. The zero-order valence-corrected chi connectivity index (χ0v) is 13.2. The van der Waals surface area contributed by atoms with Crippen molar-refractivity contribution >= 4 is 21.9 Å². The third kappa shape index (κ3) is 4.42. The van der Waals surface area contributed by atoms with E-state index in [1.165, 1.54) is 0 Å². The molecule has 0 amide bonds. The first-order valence-corrected chi connectivity index (χ1v) is 7.09. The predicted octanol–water partition coefficient (Wildman–Crippen LogP) is 3.81. The number of halogens is 1. The summed E-state index contributed by atoms with van der Waals surface area (Å²) in [5.41, 5.74) is 0.394. The summed E-state index contributed by atoms with van der Waals surface area (Å²) in [5, 5.41) is 0. The van der Waals surface area contributed by atoms with Crippen molar-refractivity contribution < 1.29 is 19.0 Å². The van der Waals surface area contributed by atoms with Crippen LogP contribution in [0, 0.1) is 0 Å². The quantitative estimate of drug-likeness (QED) is 0.744. The van der Waals surface area contributed by atoms with Gasteiger partial charge in [0.2, 0.25) is 0 Å². The van der Waals surface area contributed by atoms with E-state index in [4.69, 9.17) is 14.2 Å². The maximum atomic E-state index is 12.0. The van der Waals surface area contributed by atoms with Crippen LogP contribution in [0.25, 0.3) is 0 Å². The summed E-state index contributed by atoms with van der Waals surface area (Å²) in [6.45, 7) is 8.38. The molecule has 1 aromatic rings. The summed E-state index contributed by atoms with van der Waals surface area (Å²) >= 11 is 3.38. The van der Waals surface area contributed by atoms with Crippen molar-refractivity contribution in [2.24, 2.45) is 0 Å². The molecule has 0 aliphatic rings. The van der Waals surface area contributed by atoms with Crippen molar-refractivity contribution in [3.8, 4) is 11.5 Å². The van der Waals surface area contributed by atoms with E-state index in [9.17, 15) is 4.79 Å². The van der Waals surface area contributed by atoms with Crippen molar-refractivity contribution in [1.82, 2.24) is 0 Å². The Morgan fingerprint density at radius 3 is 2.26 bits per heavy atom. The van der Waals surface area contributed by atoms with Crippen molar-refractivity contribution in [3.05, 3.63) is 22.2 Å². The zero-order valence-electron chi connectivity index (χ0n) is 11.7. The van der Waals surface area contributed by atoms with Gasteiger partial charge in [0.1, 0.15) is 17.1 Å². The molecule has 0 unspecified atom stereocenters. The van der Waals surface area contributed by atoms with Gasteiger partial charge in [0.25, 0.3) is 0 Å². The van der Waals surface area contributed by atoms with Crippen LogP contribution in [0.5, 0.6) is 11.5 Å². The smallest absolute Gasteiger partial charge is 0.342 e. The maximum Gasteiger partial charge on any atom is 0.342 e. The fourth-order valence-corrected chi connectivity index (χ4v) is 1.97. The number of carbonyl (C=O) groups excluding carboxylic acids is 1. The van der Waals surface area contributed by atoms with Gasteiger partial charge in [0, 0.05) is 6.07 Å². The van der Waals surface area contributed by atoms with Crippen LogP contribution in [0.2, 0.25) is 0 Å². The minimum atomic E-state index is -0.401. The molecular formula is C14H19BrO4. The molecule has 1 aromatic carbocycles. The van der Waals surface area contributed by atoms with Crippen LogP contribution >= 0.6 is 15.9 Å². The highest BCUT2D eigenvalue weighted by molar-refractivity contribution is 9.10. The predicted molar refractivity (Wildman–Crippen MR) is 77.0 cm³/mol. The molecule has 0 aliphatic heterocycles. The first-order valence-electron chi connectivity index (χ1n) is 6.29. The Morgan fingerprint density at radius 1 is 1.16 bits per heavy atom. The average Bonchev–Trinajstić information content (AvgIpc) is 2.32. The molecule has 106 valence electrons. The summed E-state index contributed by atoms with van der Waals surface area (Å²) in [5.74, 6) is 0.717. The first-order chi connectivity index (χ1) is 8.99. The maximum absolute atomic E-state index is 12.0. The second kappa shape index (κ2) is 7.38. The van der Waals surface area contributed by atoms with E-state index in [-0.39, 0.29) is 6.10 Å². The van der Waals surface area contributed by atoms with Gasteiger partial charge in [-0.15, -0.1) is 0 Å².